The van der Waals surface area contributed by atoms with Crippen LogP contribution < -0.4 is 10.1 Å². The maximum absolute atomic E-state index is 14.9. The molecule has 0 saturated heterocycles. The van der Waals surface area contributed by atoms with Crippen LogP contribution in [0.1, 0.15) is 96.5 Å². The van der Waals surface area contributed by atoms with Gasteiger partial charge in [-0.15, -0.1) is 13.2 Å². The van der Waals surface area contributed by atoms with Crippen LogP contribution in [0.4, 0.5) is 23.7 Å². The number of hydrogen-bond acceptors (Lipinski definition) is 5. The number of fused-ring (bicyclic) bond motifs is 1. The van der Waals surface area contributed by atoms with Gasteiger partial charge in [-0.3, -0.25) is 4.79 Å². The summed E-state index contributed by atoms with van der Waals surface area (Å²) in [4.78, 5) is 30.6. The van der Waals surface area contributed by atoms with E-state index in [0.717, 1.165) is 63.4 Å². The summed E-state index contributed by atoms with van der Waals surface area (Å²) in [6.07, 6.45) is 11.7. The number of aliphatic hydroxyl groups excluding tert-OH is 1. The van der Waals surface area contributed by atoms with Crippen LogP contribution in [0.25, 0.3) is 0 Å². The second kappa shape index (κ2) is 13.2. The summed E-state index contributed by atoms with van der Waals surface area (Å²) in [5.74, 6) is 0.0284. The Labute approximate surface area is 316 Å². The van der Waals surface area contributed by atoms with Gasteiger partial charge in [-0.25, -0.2) is 4.79 Å². The molecule has 0 heterocycles. The van der Waals surface area contributed by atoms with Gasteiger partial charge in [0.1, 0.15) is 5.75 Å². The van der Waals surface area contributed by atoms with Crippen LogP contribution >= 0.6 is 0 Å². The number of aliphatic hydroxyl groups is 2. The number of nitrogens with one attached hydrogen (secondary N) is 1. The number of halogens is 3. The summed E-state index contributed by atoms with van der Waals surface area (Å²) >= 11 is 0. The standard InChI is InChI=1S/C44H53F3N2O5/c1-39-20-17-32(50)25-41(39)23-24-43(34(26-41)37(51)30-9-5-3-6-10-30)35(39)18-21-40(2)36(43)19-22-42(40,53)28-49(38(52)48-31-11-7-4-8-12-31)27-29-13-15-33(16-14-29)54-44(45,46)47/h4,7-8,11-16,23-24,26,30,32,35-36,50,53H,3,5-6,9-10,17-22,25,27-28H2,1-2H3,(H,48,52)/t32?,35-,36-,39-,40+,41+,42-,43-/m1/s1. The number of rotatable bonds is 8. The molecule has 2 bridgehead atoms. The third kappa shape index (κ3) is 5.92. The first-order valence-corrected chi connectivity index (χ1v) is 20.0. The highest BCUT2D eigenvalue weighted by atomic mass is 19.4. The highest BCUT2D eigenvalue weighted by Crippen LogP contribution is 2.78. The lowest BCUT2D eigenvalue weighted by atomic mass is 9.32. The van der Waals surface area contributed by atoms with Crippen LogP contribution in [0.5, 0.6) is 5.75 Å². The minimum Gasteiger partial charge on any atom is -0.406 e. The van der Waals surface area contributed by atoms with Crippen molar-refractivity contribution in [1.29, 1.82) is 0 Å². The predicted octanol–water partition coefficient (Wildman–Crippen LogP) is 9.36. The van der Waals surface area contributed by atoms with E-state index in [2.05, 4.69) is 42.1 Å². The van der Waals surface area contributed by atoms with E-state index in [4.69, 9.17) is 0 Å². The van der Waals surface area contributed by atoms with Gasteiger partial charge in [0.2, 0.25) is 0 Å². The van der Waals surface area contributed by atoms with Crippen LogP contribution in [0.15, 0.2) is 78.4 Å². The fourth-order valence-corrected chi connectivity index (χ4v) is 12.5. The third-order valence-corrected chi connectivity index (χ3v) is 15.2. The molecule has 1 unspecified atom stereocenters. The normalized spacial score (nSPS) is 37.1. The summed E-state index contributed by atoms with van der Waals surface area (Å²) in [6, 6.07) is 14.1. The molecule has 54 heavy (non-hydrogen) atoms. The molecule has 2 amide bonds. The van der Waals surface area contributed by atoms with Crippen molar-refractivity contribution in [3.63, 3.8) is 0 Å². The van der Waals surface area contributed by atoms with Crippen molar-refractivity contribution in [3.05, 3.63) is 84.0 Å². The lowest BCUT2D eigenvalue weighted by molar-refractivity contribution is -0.274. The van der Waals surface area contributed by atoms with Crippen LogP contribution in [-0.4, -0.2) is 51.5 Å². The summed E-state index contributed by atoms with van der Waals surface area (Å²) in [7, 11) is 0. The fraction of sp³-hybridized carbons (Fsp3) is 0.591. The predicted molar refractivity (Wildman–Crippen MR) is 199 cm³/mol. The van der Waals surface area contributed by atoms with E-state index in [9.17, 15) is 33.0 Å². The van der Waals surface area contributed by atoms with Crippen molar-refractivity contribution in [3.8, 4) is 5.75 Å². The van der Waals surface area contributed by atoms with Crippen molar-refractivity contribution < 1.29 is 37.7 Å². The molecule has 7 aliphatic rings. The van der Waals surface area contributed by atoms with E-state index < -0.39 is 34.9 Å². The highest BCUT2D eigenvalue weighted by molar-refractivity contribution is 6.00. The van der Waals surface area contributed by atoms with Crippen molar-refractivity contribution in [2.75, 3.05) is 11.9 Å². The Morgan fingerprint density at radius 2 is 1.54 bits per heavy atom. The molecule has 290 valence electrons. The first-order chi connectivity index (χ1) is 25.6. The molecule has 4 saturated carbocycles. The summed E-state index contributed by atoms with van der Waals surface area (Å²) in [5, 5.41) is 27.1. The molecule has 2 aromatic carbocycles. The number of amides is 2. The molecule has 7 nitrogen and oxygen atoms in total. The molecule has 4 fully saturated rings. The van der Waals surface area contributed by atoms with E-state index >= 15 is 0 Å². The maximum atomic E-state index is 14.9. The first-order valence-electron chi connectivity index (χ1n) is 20.0. The van der Waals surface area contributed by atoms with E-state index in [0.29, 0.717) is 30.5 Å². The van der Waals surface area contributed by atoms with Crippen LogP contribution in [0.2, 0.25) is 0 Å². The first kappa shape index (κ1) is 37.3. The second-order valence-corrected chi connectivity index (χ2v) is 17.9. The fourth-order valence-electron chi connectivity index (χ4n) is 12.5. The molecule has 9 rings (SSSR count). The number of hydrogen-bond donors (Lipinski definition) is 3. The Morgan fingerprint density at radius 3 is 2.24 bits per heavy atom. The average Bonchev–Trinajstić information content (AvgIpc) is 3.41. The number of para-hydroxylation sites is 1. The Hall–Kier alpha value is -3.63. The van der Waals surface area contributed by atoms with Gasteiger partial charge < -0.3 is 25.2 Å². The minimum atomic E-state index is -4.82. The molecular formula is C44H53F3N2O5. The summed E-state index contributed by atoms with van der Waals surface area (Å²) in [6.45, 7) is 4.60. The van der Waals surface area contributed by atoms with Gasteiger partial charge in [-0.2, -0.15) is 0 Å². The number of anilines is 1. The molecule has 0 aliphatic heterocycles. The maximum Gasteiger partial charge on any atom is 0.573 e. The Morgan fingerprint density at radius 1 is 0.870 bits per heavy atom. The highest BCUT2D eigenvalue weighted by Gasteiger charge is 2.74. The zero-order valence-electron chi connectivity index (χ0n) is 31.3. The minimum absolute atomic E-state index is 0.00689. The van der Waals surface area contributed by atoms with E-state index in [1.54, 1.807) is 17.0 Å². The Kier molecular flexibility index (Phi) is 9.15. The van der Waals surface area contributed by atoms with Crippen LogP contribution in [-0.2, 0) is 11.3 Å². The zero-order valence-corrected chi connectivity index (χ0v) is 31.3. The molecule has 0 aromatic heterocycles. The number of ketones is 1. The van der Waals surface area contributed by atoms with Gasteiger partial charge in [0.15, 0.2) is 5.78 Å². The SMILES string of the molecule is C[C@]12CC[C@H]3[C@]4(C=C[C@@]5(C=C4C(=O)C4CCCCC4)CC(O)CC[C@]35C)[C@@H]1CC[C@@]2(O)CN(Cc1ccc(OC(F)(F)F)cc1)C(=O)Nc1ccccc1. The molecule has 2 spiro atoms. The number of Topliss-reactive ketones (excluding diaryl/α,β-unsaturated/α-hetero) is 1. The van der Waals surface area contributed by atoms with Gasteiger partial charge in [0, 0.05) is 40.0 Å². The van der Waals surface area contributed by atoms with Crippen LogP contribution in [0.3, 0.4) is 0 Å². The molecule has 8 atom stereocenters. The quantitative estimate of drug-likeness (QED) is 0.234. The molecule has 7 aliphatic carbocycles. The van der Waals surface area contributed by atoms with Crippen molar-refractivity contribution in [2.45, 2.75) is 116 Å². The smallest absolute Gasteiger partial charge is 0.406 e. The number of alkyl halides is 3. The molecule has 2 aromatic rings. The van der Waals surface area contributed by atoms with E-state index in [1.807, 2.05) is 18.2 Å². The number of allylic oxidation sites excluding steroid dienone is 4. The third-order valence-electron chi connectivity index (χ3n) is 15.2. The second-order valence-electron chi connectivity index (χ2n) is 17.9. The Bertz CT molecular complexity index is 1820. The Balaban J connectivity index is 1.15. The van der Waals surface area contributed by atoms with Crippen molar-refractivity contribution in [2.24, 2.45) is 39.4 Å². The van der Waals surface area contributed by atoms with Crippen molar-refractivity contribution in [1.82, 2.24) is 4.90 Å². The lowest BCUT2D eigenvalue weighted by Crippen LogP contribution is -2.67. The topological polar surface area (TPSA) is 99.1 Å². The number of carbonyl (C=O) groups excluding carboxylic acids is 2. The van der Waals surface area contributed by atoms with Gasteiger partial charge in [-0.05, 0) is 105 Å². The number of urea groups is 1. The van der Waals surface area contributed by atoms with E-state index in [-0.39, 0.29) is 53.2 Å². The number of ether oxygens (including phenoxy) is 1. The van der Waals surface area contributed by atoms with Crippen LogP contribution in [0, 0.1) is 39.4 Å². The number of nitrogens with zero attached hydrogens (tertiary/aromatic N) is 1. The molecule has 10 heteroatoms. The monoisotopic (exact) mass is 746 g/mol. The zero-order chi connectivity index (χ0) is 38.1. The largest absolute Gasteiger partial charge is 0.573 e. The van der Waals surface area contributed by atoms with Gasteiger partial charge in [-0.1, -0.05) is 81.7 Å². The molecule has 3 N–H and O–H groups in total. The number of carbonyl (C=O) groups is 2. The molecule has 0 radical (unpaired) electrons. The lowest BCUT2D eigenvalue weighted by Gasteiger charge is -2.71. The van der Waals surface area contributed by atoms with Crippen molar-refractivity contribution >= 4 is 17.5 Å². The summed E-state index contributed by atoms with van der Waals surface area (Å²) < 4.78 is 42.8. The summed E-state index contributed by atoms with van der Waals surface area (Å²) in [5.41, 5.74) is -0.958. The van der Waals surface area contributed by atoms with Gasteiger partial charge in [0.25, 0.3) is 0 Å². The van der Waals surface area contributed by atoms with Gasteiger partial charge >= 0.3 is 12.4 Å². The van der Waals surface area contributed by atoms with Gasteiger partial charge in [0.05, 0.1) is 18.2 Å². The average molecular weight is 747 g/mol. The number of benzene rings is 2. The van der Waals surface area contributed by atoms with E-state index in [1.165, 1.54) is 24.3 Å². The molecular weight excluding hydrogens is 693 g/mol.